The van der Waals surface area contributed by atoms with Crippen LogP contribution in [-0.4, -0.2) is 19.9 Å². The Bertz CT molecular complexity index is 623. The fourth-order valence-corrected chi connectivity index (χ4v) is 1.75. The molecule has 0 atom stereocenters. The number of hydrogen-bond acceptors (Lipinski definition) is 6. The van der Waals surface area contributed by atoms with E-state index in [1.54, 1.807) is 18.5 Å². The first kappa shape index (κ1) is 11.6. The van der Waals surface area contributed by atoms with Crippen LogP contribution in [0.5, 0.6) is 0 Å². The van der Waals surface area contributed by atoms with E-state index in [0.29, 0.717) is 10.8 Å². The lowest BCUT2D eigenvalue weighted by Crippen LogP contribution is -2.29. The van der Waals surface area contributed by atoms with E-state index in [-0.39, 0.29) is 10.8 Å². The maximum absolute atomic E-state index is 11.8. The molecular weight excluding hydrogens is 260 g/mol. The lowest BCUT2D eigenvalue weighted by Gasteiger charge is -1.93. The average molecular weight is 268 g/mol. The molecular formula is C8H8N6OS2. The number of thiocarbonyl (C=S) groups is 1. The van der Waals surface area contributed by atoms with Gasteiger partial charge in [0.1, 0.15) is 0 Å². The van der Waals surface area contributed by atoms with Crippen molar-refractivity contribution in [3.8, 4) is 0 Å². The summed E-state index contributed by atoms with van der Waals surface area (Å²) < 4.78 is 1.04. The number of nitrogens with two attached hydrogens (primary N) is 1. The Balaban J connectivity index is 2.40. The Morgan fingerprint density at radius 1 is 1.65 bits per heavy atom. The molecule has 0 unspecified atom stereocenters. The standard InChI is InChI=1S/C8H8N6OS2/c1-4-5(6(15)14(13-4)7(9)16)11-12-8-10-2-3-17-8/h2-3,13H,1H3,(H2,9,16). The highest BCUT2D eigenvalue weighted by atomic mass is 32.1. The van der Waals surface area contributed by atoms with Gasteiger partial charge in [0.15, 0.2) is 10.8 Å². The van der Waals surface area contributed by atoms with Gasteiger partial charge in [0.05, 0.1) is 5.69 Å². The second kappa shape index (κ2) is 4.55. The van der Waals surface area contributed by atoms with Gasteiger partial charge in [0.25, 0.3) is 0 Å². The molecule has 17 heavy (non-hydrogen) atoms. The molecule has 0 saturated carbocycles. The molecule has 9 heteroatoms. The smallest absolute Gasteiger partial charge is 0.301 e. The molecule has 0 aromatic carbocycles. The van der Waals surface area contributed by atoms with Crippen LogP contribution in [0, 0.1) is 6.92 Å². The SMILES string of the molecule is Cc1[nH]n(C(N)=S)c(=O)c1N=Nc1nccs1. The Labute approximate surface area is 105 Å². The molecule has 0 spiro atoms. The number of aromatic amines is 1. The largest absolute Gasteiger partial charge is 0.374 e. The quantitative estimate of drug-likeness (QED) is 0.635. The summed E-state index contributed by atoms with van der Waals surface area (Å²) in [5.41, 5.74) is 5.67. The van der Waals surface area contributed by atoms with Crippen LogP contribution in [0.25, 0.3) is 0 Å². The Morgan fingerprint density at radius 2 is 2.41 bits per heavy atom. The minimum absolute atomic E-state index is 0.0613. The van der Waals surface area contributed by atoms with Gasteiger partial charge in [-0.2, -0.15) is 4.68 Å². The monoisotopic (exact) mass is 268 g/mol. The van der Waals surface area contributed by atoms with Crippen LogP contribution in [-0.2, 0) is 0 Å². The average Bonchev–Trinajstić information content (AvgIpc) is 2.86. The predicted octanol–water partition coefficient (Wildman–Crippen LogP) is 1.45. The van der Waals surface area contributed by atoms with E-state index in [2.05, 4.69) is 20.3 Å². The molecule has 0 amide bonds. The number of nitrogens with zero attached hydrogens (tertiary/aromatic N) is 4. The normalized spacial score (nSPS) is 11.1. The Morgan fingerprint density at radius 3 is 2.94 bits per heavy atom. The molecule has 2 rings (SSSR count). The molecule has 0 fully saturated rings. The molecule has 2 aromatic rings. The Kier molecular flexibility index (Phi) is 3.11. The number of aryl methyl sites for hydroxylation is 1. The van der Waals surface area contributed by atoms with Crippen LogP contribution >= 0.6 is 23.6 Å². The van der Waals surface area contributed by atoms with Gasteiger partial charge in [-0.3, -0.25) is 9.89 Å². The van der Waals surface area contributed by atoms with Crippen molar-refractivity contribution in [3.63, 3.8) is 0 Å². The summed E-state index contributed by atoms with van der Waals surface area (Å²) in [6, 6.07) is 0. The second-order valence-corrected chi connectivity index (χ2v) is 4.37. The molecule has 0 aliphatic rings. The summed E-state index contributed by atoms with van der Waals surface area (Å²) in [5, 5.41) is 12.6. The number of thiazole rings is 1. The molecule has 7 nitrogen and oxygen atoms in total. The molecule has 0 saturated heterocycles. The highest BCUT2D eigenvalue weighted by molar-refractivity contribution is 7.80. The van der Waals surface area contributed by atoms with Crippen molar-refractivity contribution < 1.29 is 0 Å². The first-order valence-corrected chi connectivity index (χ1v) is 5.81. The third-order valence-corrected chi connectivity index (χ3v) is 2.75. The lowest BCUT2D eigenvalue weighted by atomic mass is 10.4. The molecule has 88 valence electrons. The van der Waals surface area contributed by atoms with E-state index in [1.165, 1.54) is 11.3 Å². The molecule has 2 heterocycles. The summed E-state index contributed by atoms with van der Waals surface area (Å²) in [6.07, 6.45) is 1.61. The van der Waals surface area contributed by atoms with E-state index >= 15 is 0 Å². The number of aromatic nitrogens is 3. The fraction of sp³-hybridized carbons (Fsp3) is 0.125. The van der Waals surface area contributed by atoms with Crippen LogP contribution in [0.3, 0.4) is 0 Å². The van der Waals surface area contributed by atoms with E-state index in [1.807, 2.05) is 0 Å². The zero-order chi connectivity index (χ0) is 12.4. The lowest BCUT2D eigenvalue weighted by molar-refractivity contribution is 0.889. The van der Waals surface area contributed by atoms with Crippen molar-refractivity contribution >= 4 is 39.5 Å². The number of H-pyrrole nitrogens is 1. The van der Waals surface area contributed by atoms with Crippen LogP contribution in [0.4, 0.5) is 10.8 Å². The molecule has 0 bridgehead atoms. The van der Waals surface area contributed by atoms with Gasteiger partial charge in [-0.25, -0.2) is 4.98 Å². The number of rotatable bonds is 2. The van der Waals surface area contributed by atoms with Gasteiger partial charge in [0.2, 0.25) is 5.13 Å². The van der Waals surface area contributed by atoms with Crippen molar-refractivity contribution in [2.24, 2.45) is 16.0 Å². The highest BCUT2D eigenvalue weighted by Crippen LogP contribution is 2.19. The van der Waals surface area contributed by atoms with Gasteiger partial charge in [-0.1, -0.05) is 0 Å². The minimum Gasteiger partial charge on any atom is -0.374 e. The third-order valence-electron chi connectivity index (χ3n) is 1.92. The van der Waals surface area contributed by atoms with E-state index < -0.39 is 5.56 Å². The van der Waals surface area contributed by atoms with Crippen LogP contribution < -0.4 is 11.3 Å². The van der Waals surface area contributed by atoms with Gasteiger partial charge in [-0.15, -0.1) is 21.6 Å². The van der Waals surface area contributed by atoms with Crippen LogP contribution in [0.1, 0.15) is 5.69 Å². The number of hydrogen-bond donors (Lipinski definition) is 2. The van der Waals surface area contributed by atoms with Gasteiger partial charge >= 0.3 is 5.56 Å². The summed E-state index contributed by atoms with van der Waals surface area (Å²) >= 11 is 6.04. The topological polar surface area (TPSA) is 101 Å². The molecule has 0 aliphatic heterocycles. The van der Waals surface area contributed by atoms with Gasteiger partial charge in [-0.05, 0) is 19.1 Å². The van der Waals surface area contributed by atoms with Gasteiger partial charge in [0, 0.05) is 11.6 Å². The molecule has 0 aliphatic carbocycles. The number of azo groups is 1. The first-order chi connectivity index (χ1) is 8.09. The molecule has 0 radical (unpaired) electrons. The van der Waals surface area contributed by atoms with E-state index in [4.69, 9.17) is 18.0 Å². The van der Waals surface area contributed by atoms with Crippen molar-refractivity contribution in [1.29, 1.82) is 0 Å². The Hall–Kier alpha value is -1.87. The zero-order valence-electron chi connectivity index (χ0n) is 8.75. The van der Waals surface area contributed by atoms with Crippen molar-refractivity contribution in [2.75, 3.05) is 0 Å². The number of nitrogens with one attached hydrogen (secondary N) is 1. The van der Waals surface area contributed by atoms with Crippen LogP contribution in [0.15, 0.2) is 26.6 Å². The molecule has 3 N–H and O–H groups in total. The fourth-order valence-electron chi connectivity index (χ4n) is 1.17. The molecule has 2 aromatic heterocycles. The summed E-state index contributed by atoms with van der Waals surface area (Å²) in [7, 11) is 0. The van der Waals surface area contributed by atoms with Crippen LogP contribution in [0.2, 0.25) is 0 Å². The first-order valence-electron chi connectivity index (χ1n) is 4.52. The third kappa shape index (κ3) is 2.29. The van der Waals surface area contributed by atoms with E-state index in [9.17, 15) is 4.79 Å². The predicted molar refractivity (Wildman–Crippen MR) is 68.3 cm³/mol. The van der Waals surface area contributed by atoms with Crippen molar-refractivity contribution in [3.05, 3.63) is 27.6 Å². The summed E-state index contributed by atoms with van der Waals surface area (Å²) in [4.78, 5) is 15.7. The van der Waals surface area contributed by atoms with Crippen molar-refractivity contribution in [1.82, 2.24) is 14.8 Å². The zero-order valence-corrected chi connectivity index (χ0v) is 10.4. The van der Waals surface area contributed by atoms with Gasteiger partial charge < -0.3 is 5.73 Å². The minimum atomic E-state index is -0.421. The summed E-state index contributed by atoms with van der Waals surface area (Å²) in [5.74, 6) is 0. The highest BCUT2D eigenvalue weighted by Gasteiger charge is 2.11. The second-order valence-electron chi connectivity index (χ2n) is 3.08. The van der Waals surface area contributed by atoms with E-state index in [0.717, 1.165) is 4.68 Å². The van der Waals surface area contributed by atoms with Crippen molar-refractivity contribution in [2.45, 2.75) is 6.92 Å². The maximum Gasteiger partial charge on any atom is 0.301 e. The summed E-state index contributed by atoms with van der Waals surface area (Å²) in [6.45, 7) is 1.69. The maximum atomic E-state index is 11.8.